The van der Waals surface area contributed by atoms with E-state index in [1.54, 1.807) is 16.8 Å². The van der Waals surface area contributed by atoms with Gasteiger partial charge in [0, 0.05) is 48.7 Å². The first-order chi connectivity index (χ1) is 16.3. The molecule has 10 nitrogen and oxygen atoms in total. The summed E-state index contributed by atoms with van der Waals surface area (Å²) in [5, 5.41) is 7.64. The number of fused-ring (bicyclic) bond motifs is 1. The lowest BCUT2D eigenvalue weighted by molar-refractivity contribution is 0.0974. The van der Waals surface area contributed by atoms with Gasteiger partial charge in [0.1, 0.15) is 12.6 Å². The first kappa shape index (κ1) is 21.9. The van der Waals surface area contributed by atoms with Crippen LogP contribution < -0.4 is 16.0 Å². The third kappa shape index (κ3) is 4.19. The van der Waals surface area contributed by atoms with Crippen molar-refractivity contribution in [1.29, 1.82) is 0 Å². The van der Waals surface area contributed by atoms with Crippen LogP contribution in [0.25, 0.3) is 16.9 Å². The number of nitrogens with two attached hydrogens (primary N) is 1. The average Bonchev–Trinajstić information content (AvgIpc) is 3.50. The fourth-order valence-corrected chi connectivity index (χ4v) is 4.23. The second-order valence-corrected chi connectivity index (χ2v) is 9.37. The Bertz CT molecular complexity index is 1310. The van der Waals surface area contributed by atoms with Gasteiger partial charge in [0.05, 0.1) is 11.9 Å². The molecule has 1 aliphatic rings. The molecule has 1 aromatic carbocycles. The van der Waals surface area contributed by atoms with Gasteiger partial charge in [-0.25, -0.2) is 14.5 Å². The third-order valence-corrected chi connectivity index (χ3v) is 6.17. The topological polar surface area (TPSA) is 118 Å². The lowest BCUT2D eigenvalue weighted by atomic mass is 10.0. The Hall–Kier alpha value is -3.92. The number of amides is 1. The van der Waals surface area contributed by atoms with E-state index in [1.807, 2.05) is 12.1 Å². The minimum Gasteiger partial charge on any atom is -0.458 e. The SMILES string of the molecule is CC(C)(C)N1CCN(c2ccc(Nc3ncc(-c4coc(C(N)=O)c4)n4ncnc34)cc2)CC1. The van der Waals surface area contributed by atoms with E-state index in [9.17, 15) is 4.79 Å². The molecule has 0 spiro atoms. The molecule has 0 atom stereocenters. The monoisotopic (exact) mass is 460 g/mol. The van der Waals surface area contributed by atoms with Gasteiger partial charge in [0.15, 0.2) is 17.2 Å². The standard InChI is InChI=1S/C24H28N8O2/c1-24(2,3)31-10-8-30(9-11-31)18-6-4-17(5-7-18)29-22-23-27-15-28-32(23)19(13-26-22)16-12-20(21(25)33)34-14-16/h4-7,12-15H,8-11H2,1-3H3,(H2,25,33)(H,26,29). The largest absolute Gasteiger partial charge is 0.458 e. The number of hydrogen-bond donors (Lipinski definition) is 2. The van der Waals surface area contributed by atoms with Crippen LogP contribution in [0, 0.1) is 0 Å². The Kier molecular flexibility index (Phi) is 5.45. The van der Waals surface area contributed by atoms with Gasteiger partial charge in [-0.1, -0.05) is 0 Å². The van der Waals surface area contributed by atoms with Crippen molar-refractivity contribution in [1.82, 2.24) is 24.5 Å². The molecule has 34 heavy (non-hydrogen) atoms. The number of nitrogens with one attached hydrogen (secondary N) is 1. The number of primary amides is 1. The number of carbonyl (C=O) groups excluding carboxylic acids is 1. The molecule has 0 unspecified atom stereocenters. The van der Waals surface area contributed by atoms with Crippen molar-refractivity contribution in [3.05, 3.63) is 54.9 Å². The van der Waals surface area contributed by atoms with Crippen molar-refractivity contribution in [3.8, 4) is 11.3 Å². The van der Waals surface area contributed by atoms with Crippen molar-refractivity contribution in [3.63, 3.8) is 0 Å². The molecule has 176 valence electrons. The third-order valence-electron chi connectivity index (χ3n) is 6.17. The van der Waals surface area contributed by atoms with Crippen molar-refractivity contribution in [2.75, 3.05) is 36.4 Å². The fraction of sp³-hybridized carbons (Fsp3) is 0.333. The van der Waals surface area contributed by atoms with Crippen molar-refractivity contribution < 1.29 is 9.21 Å². The fourth-order valence-electron chi connectivity index (χ4n) is 4.23. The first-order valence-electron chi connectivity index (χ1n) is 11.2. The molecule has 4 heterocycles. The molecule has 1 saturated heterocycles. The number of nitrogens with zero attached hydrogens (tertiary/aromatic N) is 6. The Balaban J connectivity index is 1.32. The highest BCUT2D eigenvalue weighted by Gasteiger charge is 2.25. The normalized spacial score (nSPS) is 15.1. The van der Waals surface area contributed by atoms with Crippen LogP contribution in [0.4, 0.5) is 17.2 Å². The summed E-state index contributed by atoms with van der Waals surface area (Å²) in [7, 11) is 0. The molecule has 10 heteroatoms. The molecule has 0 radical (unpaired) electrons. The lowest BCUT2D eigenvalue weighted by Crippen LogP contribution is -2.53. The number of piperazine rings is 1. The van der Waals surface area contributed by atoms with Gasteiger partial charge in [-0.15, -0.1) is 0 Å². The highest BCUT2D eigenvalue weighted by atomic mass is 16.3. The molecule has 0 bridgehead atoms. The number of hydrogen-bond acceptors (Lipinski definition) is 8. The molecule has 0 saturated carbocycles. The Morgan fingerprint density at radius 2 is 1.82 bits per heavy atom. The second-order valence-electron chi connectivity index (χ2n) is 9.37. The van der Waals surface area contributed by atoms with Gasteiger partial charge in [-0.2, -0.15) is 5.10 Å². The summed E-state index contributed by atoms with van der Waals surface area (Å²) in [4.78, 5) is 25.2. The minimum absolute atomic E-state index is 0.0744. The van der Waals surface area contributed by atoms with Gasteiger partial charge < -0.3 is 20.4 Å². The first-order valence-corrected chi connectivity index (χ1v) is 11.2. The van der Waals surface area contributed by atoms with Crippen LogP contribution in [0.3, 0.4) is 0 Å². The van der Waals surface area contributed by atoms with Crippen LogP contribution in [0.1, 0.15) is 31.3 Å². The second kappa shape index (κ2) is 8.45. The van der Waals surface area contributed by atoms with Crippen LogP contribution in [0.5, 0.6) is 0 Å². The highest BCUT2D eigenvalue weighted by Crippen LogP contribution is 2.27. The van der Waals surface area contributed by atoms with Crippen molar-refractivity contribution in [2.45, 2.75) is 26.3 Å². The average molecular weight is 461 g/mol. The summed E-state index contributed by atoms with van der Waals surface area (Å²) in [5.41, 5.74) is 9.44. The molecular weight excluding hydrogens is 432 g/mol. The van der Waals surface area contributed by atoms with Gasteiger partial charge in [-0.05, 0) is 51.1 Å². The maximum absolute atomic E-state index is 11.4. The maximum atomic E-state index is 11.4. The number of aromatic nitrogens is 4. The van der Waals surface area contributed by atoms with Crippen LogP contribution in [-0.4, -0.2) is 62.1 Å². The molecule has 3 N–H and O–H groups in total. The summed E-state index contributed by atoms with van der Waals surface area (Å²) >= 11 is 0. The van der Waals surface area contributed by atoms with E-state index in [-0.39, 0.29) is 11.3 Å². The molecule has 1 aliphatic heterocycles. The number of anilines is 3. The Labute approximate surface area is 197 Å². The summed E-state index contributed by atoms with van der Waals surface area (Å²) in [6, 6.07) is 9.91. The zero-order valence-corrected chi connectivity index (χ0v) is 19.5. The Morgan fingerprint density at radius 1 is 1.09 bits per heavy atom. The summed E-state index contributed by atoms with van der Waals surface area (Å²) in [5.74, 6) is 0.0173. The van der Waals surface area contributed by atoms with E-state index in [1.165, 1.54) is 18.3 Å². The number of carbonyl (C=O) groups is 1. The van der Waals surface area contributed by atoms with Crippen molar-refractivity contribution >= 4 is 28.7 Å². The zero-order chi connectivity index (χ0) is 23.9. The molecule has 3 aromatic heterocycles. The molecule has 1 amide bonds. The lowest BCUT2D eigenvalue weighted by Gasteiger charge is -2.43. The molecule has 4 aromatic rings. The number of rotatable bonds is 5. The van der Waals surface area contributed by atoms with Crippen LogP contribution >= 0.6 is 0 Å². The van der Waals surface area contributed by atoms with Crippen molar-refractivity contribution in [2.24, 2.45) is 5.73 Å². The minimum atomic E-state index is -0.633. The zero-order valence-electron chi connectivity index (χ0n) is 19.5. The highest BCUT2D eigenvalue weighted by molar-refractivity contribution is 5.91. The number of furan rings is 1. The number of benzene rings is 1. The van der Waals surface area contributed by atoms with Crippen LogP contribution in [0.2, 0.25) is 0 Å². The summed E-state index contributed by atoms with van der Waals surface area (Å²) < 4.78 is 6.88. The molecule has 5 rings (SSSR count). The van der Waals surface area contributed by atoms with Crippen LogP contribution in [0.15, 0.2) is 53.5 Å². The van der Waals surface area contributed by atoms with E-state index < -0.39 is 5.91 Å². The Morgan fingerprint density at radius 3 is 2.47 bits per heavy atom. The quantitative estimate of drug-likeness (QED) is 0.466. The molecular formula is C24H28N8O2. The van der Waals surface area contributed by atoms with Gasteiger partial charge >= 0.3 is 0 Å². The predicted octanol–water partition coefficient (Wildman–Crippen LogP) is 3.15. The smallest absolute Gasteiger partial charge is 0.284 e. The maximum Gasteiger partial charge on any atom is 0.284 e. The summed E-state index contributed by atoms with van der Waals surface area (Å²) in [6.45, 7) is 10.9. The van der Waals surface area contributed by atoms with E-state index in [2.05, 4.69) is 63.1 Å². The van der Waals surface area contributed by atoms with Gasteiger partial charge in [0.25, 0.3) is 5.91 Å². The van der Waals surface area contributed by atoms with E-state index in [4.69, 9.17) is 10.2 Å². The van der Waals surface area contributed by atoms with E-state index >= 15 is 0 Å². The molecule has 0 aliphatic carbocycles. The van der Waals surface area contributed by atoms with Gasteiger partial charge in [-0.3, -0.25) is 9.69 Å². The van der Waals surface area contributed by atoms with E-state index in [0.29, 0.717) is 22.7 Å². The predicted molar refractivity (Wildman–Crippen MR) is 130 cm³/mol. The molecule has 1 fully saturated rings. The summed E-state index contributed by atoms with van der Waals surface area (Å²) in [6.07, 6.45) is 4.56. The van der Waals surface area contributed by atoms with Crippen LogP contribution in [-0.2, 0) is 0 Å². The van der Waals surface area contributed by atoms with Gasteiger partial charge in [0.2, 0.25) is 0 Å². The van der Waals surface area contributed by atoms with E-state index in [0.717, 1.165) is 31.9 Å².